The lowest BCUT2D eigenvalue weighted by atomic mass is 10.0. The molecule has 0 radical (unpaired) electrons. The summed E-state index contributed by atoms with van der Waals surface area (Å²) < 4.78 is 0. The normalized spacial score (nSPS) is 15.7. The van der Waals surface area contributed by atoms with E-state index in [0.29, 0.717) is 5.82 Å². The highest BCUT2D eigenvalue weighted by Gasteiger charge is 2.15. The van der Waals surface area contributed by atoms with E-state index in [0.717, 1.165) is 53.7 Å². The lowest BCUT2D eigenvalue weighted by molar-refractivity contribution is 0.313. The average Bonchev–Trinajstić information content (AvgIpc) is 3.06. The average molecular weight is 358 g/mol. The van der Waals surface area contributed by atoms with Gasteiger partial charge in [-0.25, -0.2) is 9.97 Å². The third kappa shape index (κ3) is 2.88. The van der Waals surface area contributed by atoms with Crippen LogP contribution >= 0.6 is 0 Å². The number of likely N-dealkylation sites (N-methyl/N-ethyl adjacent to an activating group) is 1. The van der Waals surface area contributed by atoms with Crippen molar-refractivity contribution in [2.45, 2.75) is 0 Å². The molecule has 6 nitrogen and oxygen atoms in total. The smallest absolute Gasteiger partial charge is 0.138 e. The van der Waals surface area contributed by atoms with Crippen LogP contribution in [0, 0.1) is 0 Å². The fourth-order valence-electron chi connectivity index (χ4n) is 3.80. The van der Waals surface area contributed by atoms with Crippen molar-refractivity contribution < 1.29 is 0 Å². The van der Waals surface area contributed by atoms with E-state index in [1.54, 1.807) is 6.20 Å². The van der Waals surface area contributed by atoms with Crippen LogP contribution in [0.5, 0.6) is 0 Å². The Labute approximate surface area is 157 Å². The van der Waals surface area contributed by atoms with Crippen molar-refractivity contribution in [3.63, 3.8) is 0 Å². The molecule has 1 aliphatic heterocycles. The number of benzene rings is 1. The molecule has 1 saturated heterocycles. The van der Waals surface area contributed by atoms with Crippen LogP contribution in [0.25, 0.3) is 33.1 Å². The summed E-state index contributed by atoms with van der Waals surface area (Å²) in [7, 11) is 2.18. The van der Waals surface area contributed by atoms with Crippen LogP contribution in [0.2, 0.25) is 0 Å². The summed E-state index contributed by atoms with van der Waals surface area (Å²) in [5, 5.41) is 2.13. The van der Waals surface area contributed by atoms with Crippen LogP contribution in [-0.4, -0.2) is 53.1 Å². The van der Waals surface area contributed by atoms with Crippen molar-refractivity contribution in [2.24, 2.45) is 0 Å². The zero-order chi connectivity index (χ0) is 18.4. The number of nitrogens with zero attached hydrogens (tertiary/aromatic N) is 4. The molecular weight excluding hydrogens is 336 g/mol. The van der Waals surface area contributed by atoms with Gasteiger partial charge in [0.15, 0.2) is 0 Å². The van der Waals surface area contributed by atoms with Crippen molar-refractivity contribution in [1.29, 1.82) is 0 Å². The summed E-state index contributed by atoms with van der Waals surface area (Å²) in [6.07, 6.45) is 3.69. The number of piperazine rings is 1. The zero-order valence-electron chi connectivity index (χ0n) is 15.3. The van der Waals surface area contributed by atoms with Gasteiger partial charge in [0.1, 0.15) is 11.5 Å². The first-order valence-corrected chi connectivity index (χ1v) is 9.24. The van der Waals surface area contributed by atoms with Gasteiger partial charge in [0.25, 0.3) is 0 Å². The number of fused-ring (bicyclic) bond motifs is 3. The molecule has 3 N–H and O–H groups in total. The number of nitrogens with one attached hydrogen (secondary N) is 1. The zero-order valence-corrected chi connectivity index (χ0v) is 15.3. The third-order valence-corrected chi connectivity index (χ3v) is 5.40. The largest absolute Gasteiger partial charge is 0.384 e. The van der Waals surface area contributed by atoms with Crippen LogP contribution < -0.4 is 10.6 Å². The number of nitrogens with two attached hydrogens (primary N) is 1. The third-order valence-electron chi connectivity index (χ3n) is 5.40. The Morgan fingerprint density at radius 1 is 0.926 bits per heavy atom. The Morgan fingerprint density at radius 3 is 2.63 bits per heavy atom. The van der Waals surface area contributed by atoms with E-state index in [-0.39, 0.29) is 0 Å². The van der Waals surface area contributed by atoms with Crippen LogP contribution in [0.4, 0.5) is 11.5 Å². The molecule has 27 heavy (non-hydrogen) atoms. The number of hydrogen-bond donors (Lipinski definition) is 2. The van der Waals surface area contributed by atoms with Gasteiger partial charge in [-0.15, -0.1) is 0 Å². The van der Waals surface area contributed by atoms with E-state index >= 15 is 0 Å². The Kier molecular flexibility index (Phi) is 3.72. The minimum Gasteiger partial charge on any atom is -0.384 e. The molecule has 4 heterocycles. The minimum atomic E-state index is 0.519. The molecule has 136 valence electrons. The Balaban J connectivity index is 1.56. The molecule has 6 heteroatoms. The molecule has 0 aliphatic carbocycles. The van der Waals surface area contributed by atoms with E-state index in [9.17, 15) is 0 Å². The highest BCUT2D eigenvalue weighted by Crippen LogP contribution is 2.30. The summed E-state index contributed by atoms with van der Waals surface area (Å²) in [5.74, 6) is 0.519. The first-order chi connectivity index (χ1) is 13.2. The van der Waals surface area contributed by atoms with Crippen LogP contribution in [0.15, 0.2) is 48.8 Å². The number of hydrogen-bond acceptors (Lipinski definition) is 5. The molecule has 0 saturated carbocycles. The lowest BCUT2D eigenvalue weighted by Crippen LogP contribution is -2.44. The van der Waals surface area contributed by atoms with Crippen molar-refractivity contribution in [3.8, 4) is 11.1 Å². The van der Waals surface area contributed by atoms with Crippen molar-refractivity contribution in [1.82, 2.24) is 19.9 Å². The maximum absolute atomic E-state index is 5.88. The number of rotatable bonds is 2. The van der Waals surface area contributed by atoms with Gasteiger partial charge in [0.2, 0.25) is 0 Å². The summed E-state index contributed by atoms with van der Waals surface area (Å²) >= 11 is 0. The number of aromatic amines is 1. The van der Waals surface area contributed by atoms with E-state index in [4.69, 9.17) is 5.73 Å². The number of nitrogen functional groups attached to an aromatic ring is 1. The summed E-state index contributed by atoms with van der Waals surface area (Å²) in [6, 6.07) is 12.8. The predicted molar refractivity (Wildman–Crippen MR) is 111 cm³/mol. The molecule has 0 atom stereocenters. The van der Waals surface area contributed by atoms with Crippen LogP contribution in [0.3, 0.4) is 0 Å². The molecule has 1 aliphatic rings. The topological polar surface area (TPSA) is 74.1 Å². The molecule has 1 fully saturated rings. The molecule has 0 unspecified atom stereocenters. The maximum Gasteiger partial charge on any atom is 0.138 e. The summed E-state index contributed by atoms with van der Waals surface area (Å²) in [5.41, 5.74) is 11.2. The Morgan fingerprint density at radius 2 is 1.78 bits per heavy atom. The molecule has 4 aromatic rings. The molecule has 0 amide bonds. The molecular formula is C21H22N6. The molecule has 0 bridgehead atoms. The fraction of sp³-hybridized carbons (Fsp3) is 0.238. The fourth-order valence-corrected chi connectivity index (χ4v) is 3.80. The second-order valence-corrected chi connectivity index (χ2v) is 7.24. The highest BCUT2D eigenvalue weighted by atomic mass is 15.2. The van der Waals surface area contributed by atoms with Gasteiger partial charge in [0, 0.05) is 54.4 Å². The predicted octanol–water partition coefficient (Wildman–Crippen LogP) is 3.11. The second kappa shape index (κ2) is 6.25. The van der Waals surface area contributed by atoms with Gasteiger partial charge in [-0.1, -0.05) is 12.1 Å². The molecule has 5 rings (SSSR count). The summed E-state index contributed by atoms with van der Waals surface area (Å²) in [4.78, 5) is 16.9. The van der Waals surface area contributed by atoms with Gasteiger partial charge >= 0.3 is 0 Å². The van der Waals surface area contributed by atoms with E-state index < -0.39 is 0 Å². The Bertz CT molecular complexity index is 1120. The SMILES string of the molecule is CN1CCN(c2cccc(-c3cnc4[nH]c5cnc(N)cc5c4c3)c2)CC1. The van der Waals surface area contributed by atoms with Crippen molar-refractivity contribution in [3.05, 3.63) is 48.8 Å². The second-order valence-electron chi connectivity index (χ2n) is 7.24. The van der Waals surface area contributed by atoms with Gasteiger partial charge < -0.3 is 20.5 Å². The number of aromatic nitrogens is 3. The molecule has 1 aromatic carbocycles. The number of pyridine rings is 2. The van der Waals surface area contributed by atoms with Crippen molar-refractivity contribution in [2.75, 3.05) is 43.9 Å². The molecule has 0 spiro atoms. The monoisotopic (exact) mass is 358 g/mol. The van der Waals surface area contributed by atoms with Gasteiger partial charge in [-0.05, 0) is 36.9 Å². The molecule has 3 aromatic heterocycles. The standard InChI is InChI=1S/C21H22N6/c1-26-5-7-27(8-6-26)16-4-2-3-14(9-16)15-10-18-17-11-20(22)23-13-19(17)25-21(18)24-12-15/h2-4,9-13H,5-8H2,1H3,(H2,22,23)(H,24,25). The first kappa shape index (κ1) is 16.1. The van der Waals surface area contributed by atoms with E-state index in [1.165, 1.54) is 11.3 Å². The van der Waals surface area contributed by atoms with Gasteiger partial charge in [-0.2, -0.15) is 0 Å². The summed E-state index contributed by atoms with van der Waals surface area (Å²) in [6.45, 7) is 4.32. The number of H-pyrrole nitrogens is 1. The van der Waals surface area contributed by atoms with Gasteiger partial charge in [-0.3, -0.25) is 0 Å². The Hall–Kier alpha value is -3.12. The first-order valence-electron chi connectivity index (χ1n) is 9.24. The highest BCUT2D eigenvalue weighted by molar-refractivity contribution is 6.07. The van der Waals surface area contributed by atoms with Crippen molar-refractivity contribution >= 4 is 33.4 Å². The van der Waals surface area contributed by atoms with E-state index in [1.807, 2.05) is 12.3 Å². The quantitative estimate of drug-likeness (QED) is 0.576. The van der Waals surface area contributed by atoms with Crippen LogP contribution in [-0.2, 0) is 0 Å². The number of anilines is 2. The maximum atomic E-state index is 5.88. The lowest BCUT2D eigenvalue weighted by Gasteiger charge is -2.34. The van der Waals surface area contributed by atoms with Gasteiger partial charge in [0.05, 0.1) is 11.7 Å². The minimum absolute atomic E-state index is 0.519. The van der Waals surface area contributed by atoms with Crippen LogP contribution in [0.1, 0.15) is 0 Å². The van der Waals surface area contributed by atoms with E-state index in [2.05, 4.69) is 62.1 Å².